The number of halogens is 3. The minimum atomic E-state index is -3.78. The summed E-state index contributed by atoms with van der Waals surface area (Å²) in [5.41, 5.74) is 0.695. The maximum Gasteiger partial charge on any atom is 0.247 e. The van der Waals surface area contributed by atoms with E-state index >= 15 is 0 Å². The van der Waals surface area contributed by atoms with Crippen LogP contribution in [0.5, 0.6) is 0 Å². The topological polar surface area (TPSA) is 66.5 Å². The number of carbonyl (C=O) groups is 1. The van der Waals surface area contributed by atoms with Crippen LogP contribution in [0.1, 0.15) is 6.92 Å². The summed E-state index contributed by atoms with van der Waals surface area (Å²) in [5.74, 6) is -0.496. The summed E-state index contributed by atoms with van der Waals surface area (Å²) in [4.78, 5) is 12.6. The summed E-state index contributed by atoms with van der Waals surface area (Å²) in [6.45, 7) is 1.48. The van der Waals surface area contributed by atoms with Crippen LogP contribution in [0.25, 0.3) is 0 Å². The van der Waals surface area contributed by atoms with Crippen molar-refractivity contribution in [1.29, 1.82) is 0 Å². The maximum atomic E-state index is 12.6. The lowest BCUT2D eigenvalue weighted by Crippen LogP contribution is -2.45. The van der Waals surface area contributed by atoms with E-state index in [0.717, 1.165) is 15.0 Å². The van der Waals surface area contributed by atoms with Gasteiger partial charge in [0, 0.05) is 15.2 Å². The normalized spacial score (nSPS) is 12.5. The van der Waals surface area contributed by atoms with E-state index in [1.165, 1.54) is 19.1 Å². The zero-order valence-corrected chi connectivity index (χ0v) is 17.2. The van der Waals surface area contributed by atoms with Crippen molar-refractivity contribution in [2.24, 2.45) is 0 Å². The largest absolute Gasteiger partial charge is 0.324 e. The lowest BCUT2D eigenvalue weighted by atomic mass is 10.2. The molecule has 134 valence electrons. The zero-order chi connectivity index (χ0) is 18.8. The highest BCUT2D eigenvalue weighted by atomic mass is 79.9. The van der Waals surface area contributed by atoms with Gasteiger partial charge in [-0.05, 0) is 49.4 Å². The molecule has 0 radical (unpaired) electrons. The number of nitrogens with zero attached hydrogens (tertiary/aromatic N) is 1. The molecule has 0 fully saturated rings. The lowest BCUT2D eigenvalue weighted by molar-refractivity contribution is -0.116. The summed E-state index contributed by atoms with van der Waals surface area (Å²) < 4.78 is 26.4. The Hall–Kier alpha value is -1.28. The van der Waals surface area contributed by atoms with Crippen molar-refractivity contribution in [2.45, 2.75) is 13.0 Å². The number of sulfonamides is 1. The molecule has 0 aliphatic carbocycles. The number of hydrogen-bond donors (Lipinski definition) is 1. The average molecular weight is 466 g/mol. The van der Waals surface area contributed by atoms with Crippen molar-refractivity contribution >= 4 is 66.4 Å². The summed E-state index contributed by atoms with van der Waals surface area (Å²) in [5, 5.41) is 3.18. The number of amides is 1. The van der Waals surface area contributed by atoms with Crippen LogP contribution >= 0.6 is 39.1 Å². The first-order valence-electron chi connectivity index (χ1n) is 7.10. The molecule has 1 N–H and O–H groups in total. The Morgan fingerprint density at radius 3 is 2.32 bits per heavy atom. The Kier molecular flexibility index (Phi) is 6.37. The van der Waals surface area contributed by atoms with E-state index in [2.05, 4.69) is 21.2 Å². The van der Waals surface area contributed by atoms with Gasteiger partial charge in [0.25, 0.3) is 0 Å². The summed E-state index contributed by atoms with van der Waals surface area (Å²) >= 11 is 15.4. The molecule has 0 heterocycles. The molecule has 0 aromatic heterocycles. The highest BCUT2D eigenvalue weighted by molar-refractivity contribution is 9.10. The Bertz CT molecular complexity index is 889. The van der Waals surface area contributed by atoms with Crippen LogP contribution in [-0.4, -0.2) is 26.6 Å². The van der Waals surface area contributed by atoms with E-state index in [4.69, 9.17) is 23.2 Å². The number of anilines is 2. The van der Waals surface area contributed by atoms with Crippen molar-refractivity contribution in [3.63, 3.8) is 0 Å². The third-order valence-corrected chi connectivity index (χ3v) is 5.66. The minimum Gasteiger partial charge on any atom is -0.324 e. The van der Waals surface area contributed by atoms with Crippen LogP contribution in [0.2, 0.25) is 10.0 Å². The van der Waals surface area contributed by atoms with Crippen molar-refractivity contribution in [3.05, 3.63) is 57.0 Å². The Labute approximate surface area is 165 Å². The van der Waals surface area contributed by atoms with E-state index in [9.17, 15) is 13.2 Å². The molecule has 1 atom stereocenters. The van der Waals surface area contributed by atoms with Gasteiger partial charge in [0.1, 0.15) is 6.04 Å². The van der Waals surface area contributed by atoms with Gasteiger partial charge in [-0.15, -0.1) is 0 Å². The standard InChI is InChI=1S/C16H15BrCl2N2O3S/c1-10(16(22)20-13-6-3-11(17)4-7-13)21(25(2,23)24)15-9-12(18)5-8-14(15)19/h3-10H,1-2H3,(H,20,22)/t10-/m0/s1. The van der Waals surface area contributed by atoms with Crippen molar-refractivity contribution in [2.75, 3.05) is 15.9 Å². The molecule has 0 spiro atoms. The Balaban J connectivity index is 2.36. The van der Waals surface area contributed by atoms with Gasteiger partial charge in [0.05, 0.1) is 17.0 Å². The third-order valence-electron chi connectivity index (χ3n) is 3.35. The molecular weight excluding hydrogens is 451 g/mol. The van der Waals surface area contributed by atoms with Crippen LogP contribution in [0.15, 0.2) is 46.9 Å². The number of hydrogen-bond acceptors (Lipinski definition) is 3. The number of benzene rings is 2. The molecule has 9 heteroatoms. The van der Waals surface area contributed by atoms with Gasteiger partial charge in [0.2, 0.25) is 15.9 Å². The predicted octanol–water partition coefficient (Wildman–Crippen LogP) is 4.55. The third kappa shape index (κ3) is 5.10. The van der Waals surface area contributed by atoms with Gasteiger partial charge in [-0.2, -0.15) is 0 Å². The number of nitrogens with one attached hydrogen (secondary N) is 1. The Morgan fingerprint density at radius 1 is 1.16 bits per heavy atom. The second-order valence-corrected chi connectivity index (χ2v) is 8.95. The van der Waals surface area contributed by atoms with Gasteiger partial charge in [-0.3, -0.25) is 9.10 Å². The summed E-state index contributed by atoms with van der Waals surface area (Å²) in [6.07, 6.45) is 1.01. The molecule has 2 rings (SSSR count). The second kappa shape index (κ2) is 7.95. The fourth-order valence-corrected chi connectivity index (χ4v) is 4.08. The fourth-order valence-electron chi connectivity index (χ4n) is 2.22. The smallest absolute Gasteiger partial charge is 0.247 e. The van der Waals surface area contributed by atoms with E-state index in [-0.39, 0.29) is 10.7 Å². The van der Waals surface area contributed by atoms with Gasteiger partial charge in [0.15, 0.2) is 0 Å². The molecule has 0 saturated heterocycles. The second-order valence-electron chi connectivity index (χ2n) is 5.33. The van der Waals surface area contributed by atoms with E-state index < -0.39 is 22.0 Å². The highest BCUT2D eigenvalue weighted by Gasteiger charge is 2.30. The van der Waals surface area contributed by atoms with E-state index in [0.29, 0.717) is 10.7 Å². The fraction of sp³-hybridized carbons (Fsp3) is 0.188. The quantitative estimate of drug-likeness (QED) is 0.704. The molecule has 1 amide bonds. The van der Waals surface area contributed by atoms with Gasteiger partial charge in [-0.25, -0.2) is 8.42 Å². The monoisotopic (exact) mass is 464 g/mol. The molecule has 2 aromatic rings. The summed E-state index contributed by atoms with van der Waals surface area (Å²) in [7, 11) is -3.78. The van der Waals surface area contributed by atoms with Gasteiger partial charge >= 0.3 is 0 Å². The average Bonchev–Trinajstić information content (AvgIpc) is 2.51. The molecule has 25 heavy (non-hydrogen) atoms. The Morgan fingerprint density at radius 2 is 1.76 bits per heavy atom. The first-order valence-corrected chi connectivity index (χ1v) is 10.5. The molecule has 0 unspecified atom stereocenters. The first kappa shape index (κ1) is 20.0. The maximum absolute atomic E-state index is 12.6. The van der Waals surface area contributed by atoms with Gasteiger partial charge in [-0.1, -0.05) is 39.1 Å². The van der Waals surface area contributed by atoms with Crippen molar-refractivity contribution in [1.82, 2.24) is 0 Å². The number of rotatable bonds is 5. The van der Waals surface area contributed by atoms with E-state index in [1.807, 2.05) is 0 Å². The zero-order valence-electron chi connectivity index (χ0n) is 13.3. The number of carbonyl (C=O) groups excluding carboxylic acids is 1. The van der Waals surface area contributed by atoms with E-state index in [1.54, 1.807) is 30.3 Å². The first-order chi connectivity index (χ1) is 11.6. The predicted molar refractivity (Wildman–Crippen MR) is 106 cm³/mol. The molecular formula is C16H15BrCl2N2O3S. The van der Waals surface area contributed by atoms with Crippen LogP contribution in [0, 0.1) is 0 Å². The molecule has 0 saturated carbocycles. The van der Waals surface area contributed by atoms with Crippen LogP contribution in [0.3, 0.4) is 0 Å². The van der Waals surface area contributed by atoms with Crippen molar-refractivity contribution in [3.8, 4) is 0 Å². The van der Waals surface area contributed by atoms with Crippen molar-refractivity contribution < 1.29 is 13.2 Å². The van der Waals surface area contributed by atoms with Crippen LogP contribution < -0.4 is 9.62 Å². The minimum absolute atomic E-state index is 0.148. The molecule has 2 aromatic carbocycles. The molecule has 0 bridgehead atoms. The summed E-state index contributed by atoms with van der Waals surface area (Å²) in [6, 6.07) is 10.3. The van der Waals surface area contributed by atoms with Crippen LogP contribution in [-0.2, 0) is 14.8 Å². The molecule has 0 aliphatic heterocycles. The SMILES string of the molecule is C[C@@H](C(=O)Nc1ccc(Br)cc1)N(c1cc(Cl)ccc1Cl)S(C)(=O)=O. The highest BCUT2D eigenvalue weighted by Crippen LogP contribution is 2.32. The molecule has 0 aliphatic rings. The van der Waals surface area contributed by atoms with Gasteiger partial charge < -0.3 is 5.32 Å². The lowest BCUT2D eigenvalue weighted by Gasteiger charge is -2.29. The van der Waals surface area contributed by atoms with Crippen LogP contribution in [0.4, 0.5) is 11.4 Å². The molecule has 5 nitrogen and oxygen atoms in total.